The summed E-state index contributed by atoms with van der Waals surface area (Å²) in [5.74, 6) is -0.0890. The molecule has 1 saturated heterocycles. The zero-order chi connectivity index (χ0) is 22.0. The lowest BCUT2D eigenvalue weighted by atomic mass is 10.1. The maximum Gasteiger partial charge on any atom is 0.319 e. The minimum Gasteiger partial charge on any atom is -0.352 e. The van der Waals surface area contributed by atoms with E-state index in [-0.39, 0.29) is 22.7 Å². The summed E-state index contributed by atoms with van der Waals surface area (Å²) in [6.45, 7) is 3.73. The number of aromatic nitrogens is 2. The van der Waals surface area contributed by atoms with Gasteiger partial charge in [-0.2, -0.15) is 0 Å². The molecular weight excluding hydrogens is 421 g/mol. The maximum atomic E-state index is 13.3. The van der Waals surface area contributed by atoms with E-state index in [9.17, 15) is 14.0 Å². The van der Waals surface area contributed by atoms with E-state index in [2.05, 4.69) is 15.6 Å². The maximum absolute atomic E-state index is 13.3. The molecule has 3 aromatic rings. The Morgan fingerprint density at radius 3 is 2.68 bits per heavy atom. The van der Waals surface area contributed by atoms with Gasteiger partial charge in [0.25, 0.3) is 5.56 Å². The van der Waals surface area contributed by atoms with Crippen LogP contribution in [-0.2, 0) is 6.54 Å². The number of fused-ring (bicyclic) bond motifs is 1. The van der Waals surface area contributed by atoms with Gasteiger partial charge in [0.2, 0.25) is 0 Å². The minimum absolute atomic E-state index is 0.0407. The molecule has 1 fully saturated rings. The van der Waals surface area contributed by atoms with Gasteiger partial charge in [-0.05, 0) is 50.1 Å². The summed E-state index contributed by atoms with van der Waals surface area (Å²) in [5, 5.41) is 5.54. The number of carbonyl (C=O) groups is 1. The smallest absolute Gasteiger partial charge is 0.319 e. The summed E-state index contributed by atoms with van der Waals surface area (Å²) >= 11 is 5.75. The number of nitrogens with one attached hydrogen (secondary N) is 2. The van der Waals surface area contributed by atoms with Gasteiger partial charge in [0, 0.05) is 31.4 Å². The summed E-state index contributed by atoms with van der Waals surface area (Å²) in [4.78, 5) is 31.8. The highest BCUT2D eigenvalue weighted by Crippen LogP contribution is 2.21. The monoisotopic (exact) mass is 443 g/mol. The van der Waals surface area contributed by atoms with Crippen LogP contribution in [0.25, 0.3) is 11.0 Å². The Morgan fingerprint density at radius 1 is 1.23 bits per heavy atom. The van der Waals surface area contributed by atoms with Crippen molar-refractivity contribution in [2.75, 3.05) is 23.3 Å². The summed E-state index contributed by atoms with van der Waals surface area (Å²) in [6, 6.07) is 11.2. The van der Waals surface area contributed by atoms with E-state index in [0.717, 1.165) is 11.0 Å². The van der Waals surface area contributed by atoms with Gasteiger partial charge >= 0.3 is 6.03 Å². The van der Waals surface area contributed by atoms with Gasteiger partial charge in [-0.15, -0.1) is 0 Å². The lowest BCUT2D eigenvalue weighted by molar-refractivity contribution is 0.246. The Hall–Kier alpha value is -3.13. The third-order valence-electron chi connectivity index (χ3n) is 5.46. The van der Waals surface area contributed by atoms with E-state index >= 15 is 0 Å². The Morgan fingerprint density at radius 2 is 1.97 bits per heavy atom. The molecule has 1 aliphatic heterocycles. The molecule has 0 bridgehead atoms. The van der Waals surface area contributed by atoms with Crippen molar-refractivity contribution in [2.24, 2.45) is 0 Å². The number of carbonyl (C=O) groups excluding carboxylic acids is 1. The third kappa shape index (κ3) is 4.49. The van der Waals surface area contributed by atoms with E-state index < -0.39 is 5.82 Å². The van der Waals surface area contributed by atoms with Crippen molar-refractivity contribution in [3.63, 3.8) is 0 Å². The molecule has 2 aromatic carbocycles. The Kier molecular flexibility index (Phi) is 6.08. The summed E-state index contributed by atoms with van der Waals surface area (Å²) in [7, 11) is 0. The molecule has 0 atom stereocenters. The molecule has 4 rings (SSSR count). The van der Waals surface area contributed by atoms with Gasteiger partial charge in [0.1, 0.15) is 5.82 Å². The predicted molar refractivity (Wildman–Crippen MR) is 120 cm³/mol. The van der Waals surface area contributed by atoms with Crippen LogP contribution in [0.2, 0.25) is 5.02 Å². The van der Waals surface area contributed by atoms with Crippen molar-refractivity contribution in [1.82, 2.24) is 14.9 Å². The largest absolute Gasteiger partial charge is 0.352 e. The topological polar surface area (TPSA) is 79.3 Å². The van der Waals surface area contributed by atoms with Gasteiger partial charge in [0.05, 0.1) is 16.1 Å². The van der Waals surface area contributed by atoms with Gasteiger partial charge < -0.3 is 20.1 Å². The van der Waals surface area contributed by atoms with Crippen molar-refractivity contribution in [1.29, 1.82) is 0 Å². The third-order valence-corrected chi connectivity index (χ3v) is 5.75. The van der Waals surface area contributed by atoms with Gasteiger partial charge in [-0.3, -0.25) is 4.79 Å². The van der Waals surface area contributed by atoms with Crippen LogP contribution in [0.5, 0.6) is 0 Å². The van der Waals surface area contributed by atoms with Crippen LogP contribution in [0.3, 0.4) is 0 Å². The zero-order valence-corrected chi connectivity index (χ0v) is 17.8. The second kappa shape index (κ2) is 8.93. The van der Waals surface area contributed by atoms with Crippen LogP contribution in [0.1, 0.15) is 19.8 Å². The van der Waals surface area contributed by atoms with Gasteiger partial charge in [-0.1, -0.05) is 23.7 Å². The molecular formula is C22H23ClFN5O2. The first kappa shape index (κ1) is 21.1. The van der Waals surface area contributed by atoms with Crippen molar-refractivity contribution in [2.45, 2.75) is 32.4 Å². The van der Waals surface area contributed by atoms with Crippen LogP contribution in [-0.4, -0.2) is 34.7 Å². The first-order valence-corrected chi connectivity index (χ1v) is 10.6. The number of benzene rings is 2. The minimum atomic E-state index is -0.538. The van der Waals surface area contributed by atoms with Crippen LogP contribution in [0.4, 0.5) is 20.7 Å². The molecule has 0 spiro atoms. The van der Waals surface area contributed by atoms with E-state index in [0.29, 0.717) is 44.0 Å². The Balaban J connectivity index is 1.41. The number of nitrogens with zero attached hydrogens (tertiary/aromatic N) is 3. The van der Waals surface area contributed by atoms with Crippen LogP contribution in [0, 0.1) is 5.82 Å². The number of urea groups is 1. The molecule has 7 nitrogen and oxygen atoms in total. The highest BCUT2D eigenvalue weighted by Gasteiger charge is 2.24. The molecule has 1 aliphatic rings. The summed E-state index contributed by atoms with van der Waals surface area (Å²) in [6.07, 6.45) is 1.36. The molecule has 1 aromatic heterocycles. The fourth-order valence-electron chi connectivity index (χ4n) is 3.86. The predicted octanol–water partition coefficient (Wildman–Crippen LogP) is 4.00. The molecule has 0 saturated carbocycles. The highest BCUT2D eigenvalue weighted by atomic mass is 35.5. The SMILES string of the molecule is CCn1c(=O)c(N2CCC(NC(=O)Nc3ccc(F)c(Cl)c3)CC2)nc2ccccc21. The fraction of sp³-hybridized carbons (Fsp3) is 0.318. The molecule has 0 unspecified atom stereocenters. The number of para-hydroxylation sites is 2. The molecule has 2 amide bonds. The molecule has 2 heterocycles. The average Bonchev–Trinajstić information content (AvgIpc) is 2.76. The lowest BCUT2D eigenvalue weighted by Crippen LogP contribution is -2.47. The molecule has 2 N–H and O–H groups in total. The van der Waals surface area contributed by atoms with Crippen LogP contribution >= 0.6 is 11.6 Å². The summed E-state index contributed by atoms with van der Waals surface area (Å²) < 4.78 is 15.0. The number of anilines is 2. The van der Waals surface area contributed by atoms with Crippen molar-refractivity contribution >= 4 is 40.2 Å². The van der Waals surface area contributed by atoms with E-state index in [1.54, 1.807) is 4.57 Å². The van der Waals surface area contributed by atoms with E-state index in [4.69, 9.17) is 11.6 Å². The quantitative estimate of drug-likeness (QED) is 0.638. The second-order valence-electron chi connectivity index (χ2n) is 7.46. The second-order valence-corrected chi connectivity index (χ2v) is 7.87. The number of halogens is 2. The average molecular weight is 444 g/mol. The standard InChI is InChI=1S/C22H23ClFN5O2/c1-2-29-19-6-4-3-5-18(19)27-20(21(29)30)28-11-9-14(10-12-28)25-22(31)26-15-7-8-17(24)16(23)13-15/h3-8,13-14H,2,9-12H2,1H3,(H2,25,26,31). The summed E-state index contributed by atoms with van der Waals surface area (Å²) in [5.41, 5.74) is 1.93. The number of aryl methyl sites for hydroxylation is 1. The van der Waals surface area contributed by atoms with Crippen LogP contribution < -0.4 is 21.1 Å². The normalized spacial score (nSPS) is 14.6. The fourth-order valence-corrected chi connectivity index (χ4v) is 4.04. The molecule has 162 valence electrons. The Labute approximate surface area is 183 Å². The first-order valence-electron chi connectivity index (χ1n) is 10.2. The Bertz CT molecular complexity index is 1170. The zero-order valence-electron chi connectivity index (χ0n) is 17.1. The lowest BCUT2D eigenvalue weighted by Gasteiger charge is -2.33. The number of hydrogen-bond acceptors (Lipinski definition) is 4. The van der Waals surface area contributed by atoms with Crippen molar-refractivity contribution < 1.29 is 9.18 Å². The van der Waals surface area contributed by atoms with E-state index in [1.807, 2.05) is 36.1 Å². The molecule has 0 radical (unpaired) electrons. The highest BCUT2D eigenvalue weighted by molar-refractivity contribution is 6.31. The number of amides is 2. The van der Waals surface area contributed by atoms with Crippen molar-refractivity contribution in [3.05, 3.63) is 63.7 Å². The van der Waals surface area contributed by atoms with Gasteiger partial charge in [0.15, 0.2) is 5.82 Å². The number of hydrogen-bond donors (Lipinski definition) is 2. The molecule has 0 aliphatic carbocycles. The molecule has 31 heavy (non-hydrogen) atoms. The molecule has 9 heteroatoms. The number of piperidine rings is 1. The van der Waals surface area contributed by atoms with Gasteiger partial charge in [-0.25, -0.2) is 14.2 Å². The van der Waals surface area contributed by atoms with E-state index in [1.165, 1.54) is 18.2 Å². The van der Waals surface area contributed by atoms with Crippen molar-refractivity contribution in [3.8, 4) is 0 Å². The first-order chi connectivity index (χ1) is 15.0. The number of rotatable bonds is 4. The van der Waals surface area contributed by atoms with Crippen LogP contribution in [0.15, 0.2) is 47.3 Å².